The van der Waals surface area contributed by atoms with Crippen molar-refractivity contribution in [1.29, 1.82) is 5.26 Å². The predicted molar refractivity (Wildman–Crippen MR) is 154 cm³/mol. The molecule has 3 aromatic heterocycles. The molecule has 1 saturated carbocycles. The number of nitrogens with zero attached hydrogens (tertiary/aromatic N) is 5. The first-order chi connectivity index (χ1) is 21.3. The highest BCUT2D eigenvalue weighted by Crippen LogP contribution is 2.48. The van der Waals surface area contributed by atoms with Gasteiger partial charge in [0.2, 0.25) is 5.88 Å². The lowest BCUT2D eigenvalue weighted by Crippen LogP contribution is -2.17. The van der Waals surface area contributed by atoms with Crippen LogP contribution in [0.2, 0.25) is 0 Å². The van der Waals surface area contributed by atoms with Crippen molar-refractivity contribution >= 4 is 17.1 Å². The van der Waals surface area contributed by atoms with E-state index >= 15 is 4.39 Å². The molecule has 0 N–H and O–H groups in total. The average molecular weight is 598 g/mol. The van der Waals surface area contributed by atoms with Gasteiger partial charge in [-0.2, -0.15) is 5.26 Å². The second kappa shape index (κ2) is 11.8. The van der Waals surface area contributed by atoms with E-state index in [9.17, 15) is 13.6 Å². The standard InChI is InChI=1S/C33H26F3N5O3/c1-43-32(42)28-10-9-27-31(40-28)41(19-33(18-34)11-12-33)29(38-27)15-20-6-8-23(25(36)13-20)26-3-2-4-30(39-26)44-17-22-7-5-21(16-37)14-24(22)35/h2-10,13-14H,11-12,15,17-19H2,1H3. The Bertz CT molecular complexity index is 1930. The van der Waals surface area contributed by atoms with E-state index in [-0.39, 0.29) is 41.3 Å². The number of alkyl halides is 1. The van der Waals surface area contributed by atoms with Gasteiger partial charge < -0.3 is 14.0 Å². The molecule has 0 saturated heterocycles. The van der Waals surface area contributed by atoms with Gasteiger partial charge >= 0.3 is 5.97 Å². The summed E-state index contributed by atoms with van der Waals surface area (Å²) >= 11 is 0. The molecule has 44 heavy (non-hydrogen) atoms. The summed E-state index contributed by atoms with van der Waals surface area (Å²) in [6.07, 6.45) is 1.72. The molecule has 0 unspecified atom stereocenters. The minimum absolute atomic E-state index is 0.115. The molecule has 1 aliphatic carbocycles. The van der Waals surface area contributed by atoms with E-state index in [0.717, 1.165) is 18.9 Å². The van der Waals surface area contributed by atoms with E-state index < -0.39 is 29.7 Å². The Balaban J connectivity index is 1.24. The Morgan fingerprint density at radius 1 is 1.02 bits per heavy atom. The summed E-state index contributed by atoms with van der Waals surface area (Å²) in [6, 6.07) is 18.9. The van der Waals surface area contributed by atoms with Crippen LogP contribution in [0.1, 0.15) is 45.8 Å². The van der Waals surface area contributed by atoms with Crippen LogP contribution in [0.4, 0.5) is 13.2 Å². The van der Waals surface area contributed by atoms with Crippen LogP contribution < -0.4 is 4.74 Å². The van der Waals surface area contributed by atoms with E-state index in [1.165, 1.54) is 31.4 Å². The minimum atomic E-state index is -0.588. The molecule has 0 atom stereocenters. The Hall–Kier alpha value is -5.24. The van der Waals surface area contributed by atoms with E-state index in [2.05, 4.69) is 9.97 Å². The molecule has 3 heterocycles. The second-order valence-electron chi connectivity index (χ2n) is 10.8. The maximum atomic E-state index is 15.5. The number of fused-ring (bicyclic) bond motifs is 1. The first-order valence-corrected chi connectivity index (χ1v) is 13.9. The van der Waals surface area contributed by atoms with Gasteiger partial charge in [-0.15, -0.1) is 0 Å². The van der Waals surface area contributed by atoms with Gasteiger partial charge in [0.1, 0.15) is 29.6 Å². The summed E-state index contributed by atoms with van der Waals surface area (Å²) in [4.78, 5) is 25.7. The van der Waals surface area contributed by atoms with Gasteiger partial charge in [0, 0.05) is 35.6 Å². The fourth-order valence-corrected chi connectivity index (χ4v) is 5.00. The zero-order chi connectivity index (χ0) is 30.8. The quantitative estimate of drug-likeness (QED) is 0.173. The lowest BCUT2D eigenvalue weighted by atomic mass is 10.0. The molecular formula is C33H26F3N5O3. The number of carbonyl (C=O) groups is 1. The van der Waals surface area contributed by atoms with E-state index in [1.807, 2.05) is 10.6 Å². The topological polar surface area (TPSA) is 103 Å². The lowest BCUT2D eigenvalue weighted by Gasteiger charge is -2.15. The number of carbonyl (C=O) groups excluding carboxylic acids is 1. The van der Waals surface area contributed by atoms with Crippen molar-refractivity contribution in [3.63, 3.8) is 0 Å². The van der Waals surface area contributed by atoms with Gasteiger partial charge in [-0.1, -0.05) is 18.2 Å². The maximum Gasteiger partial charge on any atom is 0.356 e. The molecule has 0 radical (unpaired) electrons. The molecule has 2 aromatic carbocycles. The molecular weight excluding hydrogens is 571 g/mol. The molecule has 222 valence electrons. The first-order valence-electron chi connectivity index (χ1n) is 13.9. The van der Waals surface area contributed by atoms with Crippen LogP contribution >= 0.6 is 0 Å². The third-order valence-electron chi connectivity index (χ3n) is 7.75. The van der Waals surface area contributed by atoms with Gasteiger partial charge in [0.25, 0.3) is 0 Å². The van der Waals surface area contributed by atoms with Crippen molar-refractivity contribution in [2.45, 2.75) is 32.4 Å². The molecule has 0 bridgehead atoms. The van der Waals surface area contributed by atoms with Crippen LogP contribution in [0, 0.1) is 28.4 Å². The Labute approximate surface area is 250 Å². The van der Waals surface area contributed by atoms with Gasteiger partial charge in [0.15, 0.2) is 11.3 Å². The average Bonchev–Trinajstić information content (AvgIpc) is 3.75. The number of esters is 1. The van der Waals surface area contributed by atoms with Gasteiger partial charge in [-0.05, 0) is 60.9 Å². The summed E-state index contributed by atoms with van der Waals surface area (Å²) in [7, 11) is 1.27. The minimum Gasteiger partial charge on any atom is -0.473 e. The number of rotatable bonds is 10. The second-order valence-corrected chi connectivity index (χ2v) is 10.8. The molecule has 0 spiro atoms. The molecule has 0 amide bonds. The summed E-state index contributed by atoms with van der Waals surface area (Å²) in [6.45, 7) is -0.253. The fraction of sp³-hybridized carbons (Fsp3) is 0.242. The zero-order valence-corrected chi connectivity index (χ0v) is 23.7. The van der Waals surface area contributed by atoms with Crippen molar-refractivity contribution < 1.29 is 27.4 Å². The number of hydrogen-bond donors (Lipinski definition) is 0. The van der Waals surface area contributed by atoms with Crippen molar-refractivity contribution in [2.75, 3.05) is 13.8 Å². The number of nitriles is 1. The number of ether oxygens (including phenoxy) is 2. The molecule has 5 aromatic rings. The largest absolute Gasteiger partial charge is 0.473 e. The molecule has 1 fully saturated rings. The summed E-state index contributed by atoms with van der Waals surface area (Å²) in [5.41, 5.74) is 2.28. The van der Waals surface area contributed by atoms with Crippen molar-refractivity contribution in [3.05, 3.63) is 107 Å². The summed E-state index contributed by atoms with van der Waals surface area (Å²) in [5.74, 6) is -0.905. The smallest absolute Gasteiger partial charge is 0.356 e. The molecule has 8 nitrogen and oxygen atoms in total. The van der Waals surface area contributed by atoms with Crippen molar-refractivity contribution in [2.24, 2.45) is 5.41 Å². The third-order valence-corrected chi connectivity index (χ3v) is 7.75. The number of benzene rings is 2. The fourth-order valence-electron chi connectivity index (χ4n) is 5.00. The van der Waals surface area contributed by atoms with Gasteiger partial charge in [-0.3, -0.25) is 4.39 Å². The highest BCUT2D eigenvalue weighted by Gasteiger charge is 2.44. The van der Waals surface area contributed by atoms with Crippen LogP contribution in [-0.2, 0) is 24.3 Å². The third kappa shape index (κ3) is 5.83. The number of methoxy groups -OCH3 is 1. The lowest BCUT2D eigenvalue weighted by molar-refractivity contribution is 0.0594. The first kappa shape index (κ1) is 28.9. The van der Waals surface area contributed by atoms with Crippen molar-refractivity contribution in [1.82, 2.24) is 19.5 Å². The van der Waals surface area contributed by atoms with Gasteiger partial charge in [0.05, 0.1) is 31.1 Å². The SMILES string of the molecule is COC(=O)c1ccc2nc(Cc3ccc(-c4cccc(OCc5ccc(C#N)cc5F)n4)c(F)c3)n(CC3(CF)CC3)c2n1. The number of halogens is 3. The molecule has 0 aliphatic heterocycles. The Morgan fingerprint density at radius 2 is 1.86 bits per heavy atom. The highest BCUT2D eigenvalue weighted by molar-refractivity contribution is 5.89. The van der Waals surface area contributed by atoms with Crippen LogP contribution in [0.3, 0.4) is 0 Å². The van der Waals surface area contributed by atoms with Crippen LogP contribution in [0.5, 0.6) is 5.88 Å². The normalized spacial score (nSPS) is 13.4. The predicted octanol–water partition coefficient (Wildman–Crippen LogP) is 6.35. The molecule has 11 heteroatoms. The van der Waals surface area contributed by atoms with E-state index in [1.54, 1.807) is 36.4 Å². The molecule has 6 rings (SSSR count). The Morgan fingerprint density at radius 3 is 2.57 bits per heavy atom. The molecule has 1 aliphatic rings. The van der Waals surface area contributed by atoms with E-state index in [4.69, 9.17) is 19.7 Å². The maximum absolute atomic E-state index is 15.5. The zero-order valence-electron chi connectivity index (χ0n) is 23.7. The van der Waals surface area contributed by atoms with E-state index in [0.29, 0.717) is 34.8 Å². The number of aromatic nitrogens is 4. The number of imidazole rings is 1. The van der Waals surface area contributed by atoms with Gasteiger partial charge in [-0.25, -0.2) is 28.5 Å². The van der Waals surface area contributed by atoms with Crippen molar-refractivity contribution in [3.8, 4) is 23.2 Å². The van der Waals surface area contributed by atoms with Crippen LogP contribution in [-0.4, -0.2) is 39.3 Å². The number of pyridine rings is 2. The summed E-state index contributed by atoms with van der Waals surface area (Å²) < 4.78 is 55.9. The van der Waals surface area contributed by atoms with Crippen LogP contribution in [0.25, 0.3) is 22.4 Å². The Kier molecular flexibility index (Phi) is 7.74. The van der Waals surface area contributed by atoms with Crippen LogP contribution in [0.15, 0.2) is 66.7 Å². The highest BCUT2D eigenvalue weighted by atomic mass is 19.1. The number of hydrogen-bond acceptors (Lipinski definition) is 7. The summed E-state index contributed by atoms with van der Waals surface area (Å²) in [5, 5.41) is 8.92. The monoisotopic (exact) mass is 597 g/mol.